The van der Waals surface area contributed by atoms with Gasteiger partial charge in [0.2, 0.25) is 0 Å². The maximum Gasteiger partial charge on any atom is 0.410 e. The Morgan fingerprint density at radius 1 is 1.58 bits per heavy atom. The van der Waals surface area contributed by atoms with E-state index in [1.807, 2.05) is 32.2 Å². The number of fused-ring (bicyclic) bond motifs is 1. The fraction of sp³-hybridized carbons (Fsp3) is 0.643. The summed E-state index contributed by atoms with van der Waals surface area (Å²) in [6, 6.07) is 2.03. The van der Waals surface area contributed by atoms with Gasteiger partial charge < -0.3 is 14.7 Å². The molecule has 0 saturated carbocycles. The molecule has 1 aliphatic heterocycles. The van der Waals surface area contributed by atoms with Crippen molar-refractivity contribution in [3.63, 3.8) is 0 Å². The number of hydrogen-bond acceptors (Lipinski definition) is 4. The molecule has 0 saturated heterocycles. The molecule has 1 unspecified atom stereocenters. The monoisotopic (exact) mass is 283 g/mol. The van der Waals surface area contributed by atoms with Crippen LogP contribution in [0.5, 0.6) is 0 Å². The number of thiophene rings is 1. The summed E-state index contributed by atoms with van der Waals surface area (Å²) < 4.78 is 5.42. The zero-order chi connectivity index (χ0) is 14.0. The second-order valence-corrected chi connectivity index (χ2v) is 6.83. The van der Waals surface area contributed by atoms with E-state index in [2.05, 4.69) is 0 Å². The normalized spacial score (nSPS) is 19.8. The molecule has 0 aromatic carbocycles. The third kappa shape index (κ3) is 3.48. The number of aliphatic hydroxyl groups is 1. The van der Waals surface area contributed by atoms with E-state index in [1.165, 1.54) is 4.88 Å². The second kappa shape index (κ2) is 5.51. The zero-order valence-corrected chi connectivity index (χ0v) is 12.5. The molecule has 1 amide bonds. The molecule has 2 heterocycles. The Morgan fingerprint density at radius 3 is 2.95 bits per heavy atom. The van der Waals surface area contributed by atoms with Gasteiger partial charge in [-0.05, 0) is 44.2 Å². The van der Waals surface area contributed by atoms with Crippen LogP contribution in [0.3, 0.4) is 0 Å². The number of aliphatic hydroxyl groups excluding tert-OH is 1. The minimum atomic E-state index is -0.475. The van der Waals surface area contributed by atoms with Gasteiger partial charge in [-0.2, -0.15) is 0 Å². The number of carbonyl (C=O) groups is 1. The molecule has 2 rings (SSSR count). The molecule has 1 aliphatic rings. The molecule has 0 radical (unpaired) electrons. The topological polar surface area (TPSA) is 49.8 Å². The lowest BCUT2D eigenvalue weighted by Crippen LogP contribution is -2.36. The van der Waals surface area contributed by atoms with Crippen molar-refractivity contribution in [3.05, 3.63) is 21.9 Å². The number of rotatable bonds is 1. The van der Waals surface area contributed by atoms with Crippen molar-refractivity contribution in [1.82, 2.24) is 4.90 Å². The van der Waals surface area contributed by atoms with Gasteiger partial charge in [-0.1, -0.05) is 0 Å². The van der Waals surface area contributed by atoms with Crippen LogP contribution in [0.1, 0.15) is 43.6 Å². The predicted molar refractivity (Wildman–Crippen MR) is 75.4 cm³/mol. The van der Waals surface area contributed by atoms with Crippen LogP contribution >= 0.6 is 11.3 Å². The standard InChI is InChI=1S/C14H21NO3S/c1-14(2,3)18-13(17)15-6-4-11(9-16)12-10(8-15)5-7-19-12/h5,7,11,16H,4,6,8-9H2,1-3H3. The maximum absolute atomic E-state index is 12.1. The van der Waals surface area contributed by atoms with Crippen LogP contribution in [0.4, 0.5) is 4.79 Å². The Kier molecular flexibility index (Phi) is 4.16. The van der Waals surface area contributed by atoms with Crippen LogP contribution in [-0.4, -0.2) is 34.9 Å². The summed E-state index contributed by atoms with van der Waals surface area (Å²) in [5.74, 6) is 0.141. The molecule has 4 nitrogen and oxygen atoms in total. The highest BCUT2D eigenvalue weighted by Crippen LogP contribution is 2.32. The van der Waals surface area contributed by atoms with Crippen LogP contribution in [0.15, 0.2) is 11.4 Å². The fourth-order valence-electron chi connectivity index (χ4n) is 2.22. The number of carbonyl (C=O) groups excluding carboxylic acids is 1. The van der Waals surface area contributed by atoms with Crippen molar-refractivity contribution in [2.75, 3.05) is 13.2 Å². The van der Waals surface area contributed by atoms with Crippen molar-refractivity contribution in [2.45, 2.75) is 45.3 Å². The zero-order valence-electron chi connectivity index (χ0n) is 11.7. The summed E-state index contributed by atoms with van der Waals surface area (Å²) in [6.45, 7) is 6.95. The van der Waals surface area contributed by atoms with E-state index in [9.17, 15) is 9.90 Å². The molecule has 0 fully saturated rings. The van der Waals surface area contributed by atoms with E-state index in [4.69, 9.17) is 4.74 Å². The SMILES string of the molecule is CC(C)(C)OC(=O)N1CCC(CO)c2sccc2C1. The molecule has 1 aromatic heterocycles. The molecule has 0 bridgehead atoms. The first kappa shape index (κ1) is 14.3. The summed E-state index contributed by atoms with van der Waals surface area (Å²) in [5, 5.41) is 11.5. The van der Waals surface area contributed by atoms with Crippen molar-refractivity contribution >= 4 is 17.4 Å². The Labute approximate surface area is 118 Å². The van der Waals surface area contributed by atoms with Crippen LogP contribution in [-0.2, 0) is 11.3 Å². The van der Waals surface area contributed by atoms with Crippen molar-refractivity contribution < 1.29 is 14.6 Å². The summed E-state index contributed by atoms with van der Waals surface area (Å²) in [4.78, 5) is 15.1. The van der Waals surface area contributed by atoms with Crippen molar-refractivity contribution in [1.29, 1.82) is 0 Å². The fourth-order valence-corrected chi connectivity index (χ4v) is 3.27. The van der Waals surface area contributed by atoms with E-state index in [0.29, 0.717) is 13.1 Å². The highest BCUT2D eigenvalue weighted by Gasteiger charge is 2.28. The summed E-state index contributed by atoms with van der Waals surface area (Å²) in [5.41, 5.74) is 0.657. The van der Waals surface area contributed by atoms with E-state index in [0.717, 1.165) is 12.0 Å². The molecule has 5 heteroatoms. The lowest BCUT2D eigenvalue weighted by Gasteiger charge is -2.26. The highest BCUT2D eigenvalue weighted by atomic mass is 32.1. The van der Waals surface area contributed by atoms with Gasteiger partial charge >= 0.3 is 6.09 Å². The average molecular weight is 283 g/mol. The van der Waals surface area contributed by atoms with E-state index < -0.39 is 5.60 Å². The average Bonchev–Trinajstić information content (AvgIpc) is 2.67. The molecule has 1 aromatic rings. The molecule has 0 aliphatic carbocycles. The molecule has 106 valence electrons. The Morgan fingerprint density at radius 2 is 2.32 bits per heavy atom. The van der Waals surface area contributed by atoms with Gasteiger partial charge in [-0.15, -0.1) is 11.3 Å². The first-order valence-corrected chi connectivity index (χ1v) is 7.43. The minimum absolute atomic E-state index is 0.135. The van der Waals surface area contributed by atoms with Crippen LogP contribution in [0.25, 0.3) is 0 Å². The van der Waals surface area contributed by atoms with Crippen LogP contribution in [0, 0.1) is 0 Å². The largest absolute Gasteiger partial charge is 0.444 e. The lowest BCUT2D eigenvalue weighted by molar-refractivity contribution is 0.0232. The molecular formula is C14H21NO3S. The van der Waals surface area contributed by atoms with E-state index in [-0.39, 0.29) is 18.6 Å². The Bertz CT molecular complexity index is 450. The third-order valence-corrected chi connectivity index (χ3v) is 4.25. The number of hydrogen-bond donors (Lipinski definition) is 1. The Balaban J connectivity index is 2.13. The van der Waals surface area contributed by atoms with Gasteiger partial charge in [-0.3, -0.25) is 0 Å². The van der Waals surface area contributed by atoms with E-state index >= 15 is 0 Å². The van der Waals surface area contributed by atoms with E-state index in [1.54, 1.807) is 16.2 Å². The maximum atomic E-state index is 12.1. The molecular weight excluding hydrogens is 262 g/mol. The third-order valence-electron chi connectivity index (χ3n) is 3.13. The van der Waals surface area contributed by atoms with Gasteiger partial charge in [0.05, 0.1) is 13.2 Å². The quantitative estimate of drug-likeness (QED) is 0.862. The van der Waals surface area contributed by atoms with Gasteiger partial charge in [0, 0.05) is 17.3 Å². The molecule has 1 N–H and O–H groups in total. The lowest BCUT2D eigenvalue weighted by atomic mass is 10.0. The summed E-state index contributed by atoms with van der Waals surface area (Å²) >= 11 is 1.66. The van der Waals surface area contributed by atoms with Gasteiger partial charge in [0.25, 0.3) is 0 Å². The van der Waals surface area contributed by atoms with Crippen molar-refractivity contribution in [2.24, 2.45) is 0 Å². The number of nitrogens with zero attached hydrogens (tertiary/aromatic N) is 1. The van der Waals surface area contributed by atoms with Gasteiger partial charge in [-0.25, -0.2) is 4.79 Å². The van der Waals surface area contributed by atoms with Crippen LogP contribution < -0.4 is 0 Å². The second-order valence-electron chi connectivity index (χ2n) is 5.88. The number of amides is 1. The van der Waals surface area contributed by atoms with Crippen molar-refractivity contribution in [3.8, 4) is 0 Å². The molecule has 0 spiro atoms. The highest BCUT2D eigenvalue weighted by molar-refractivity contribution is 7.10. The first-order valence-electron chi connectivity index (χ1n) is 6.56. The summed E-state index contributed by atoms with van der Waals surface area (Å²) in [7, 11) is 0. The summed E-state index contributed by atoms with van der Waals surface area (Å²) in [6.07, 6.45) is 0.506. The predicted octanol–water partition coefficient (Wildman–Crippen LogP) is 2.96. The van der Waals surface area contributed by atoms with Crippen LogP contribution in [0.2, 0.25) is 0 Å². The van der Waals surface area contributed by atoms with Gasteiger partial charge in [0.15, 0.2) is 0 Å². The minimum Gasteiger partial charge on any atom is -0.444 e. The molecule has 19 heavy (non-hydrogen) atoms. The van der Waals surface area contributed by atoms with Gasteiger partial charge in [0.1, 0.15) is 5.60 Å². The Hall–Kier alpha value is -1.07. The number of ether oxygens (including phenoxy) is 1. The first-order chi connectivity index (χ1) is 8.90. The smallest absolute Gasteiger partial charge is 0.410 e. The molecule has 1 atom stereocenters.